The highest BCUT2D eigenvalue weighted by Gasteiger charge is 2.25. The van der Waals surface area contributed by atoms with Gasteiger partial charge in [-0.25, -0.2) is 0 Å². The fourth-order valence-corrected chi connectivity index (χ4v) is 3.45. The number of amides is 1. The quantitative estimate of drug-likeness (QED) is 0.685. The van der Waals surface area contributed by atoms with Gasteiger partial charge >= 0.3 is 0 Å². The number of fused-ring (bicyclic) bond motifs is 1. The number of carbonyl (C=O) groups excluding carboxylic acids is 1. The third-order valence-corrected chi connectivity index (χ3v) is 4.42. The summed E-state index contributed by atoms with van der Waals surface area (Å²) in [5.74, 6) is 1.47. The molecule has 0 aliphatic carbocycles. The summed E-state index contributed by atoms with van der Waals surface area (Å²) in [5, 5.41) is 2.61. The molecule has 4 nitrogen and oxygen atoms in total. The first-order valence-electron chi connectivity index (χ1n) is 6.78. The van der Waals surface area contributed by atoms with Gasteiger partial charge in [-0.2, -0.15) is 0 Å². The van der Waals surface area contributed by atoms with Crippen molar-refractivity contribution < 1.29 is 14.3 Å². The molecule has 1 N–H and O–H groups in total. The lowest BCUT2D eigenvalue weighted by molar-refractivity contribution is -0.115. The van der Waals surface area contributed by atoms with Gasteiger partial charge in [-0.1, -0.05) is 24.0 Å². The molecule has 21 heavy (non-hydrogen) atoms. The minimum atomic E-state index is -0.165. The van der Waals surface area contributed by atoms with Crippen LogP contribution in [0.15, 0.2) is 17.0 Å². The number of hydrogen-bond acceptors (Lipinski definition) is 5. The highest BCUT2D eigenvalue weighted by atomic mass is 32.2. The predicted octanol–water partition coefficient (Wildman–Crippen LogP) is 2.90. The molecule has 6 heteroatoms. The molecule has 2 aliphatic heterocycles. The molecule has 0 spiro atoms. The summed E-state index contributed by atoms with van der Waals surface area (Å²) in [4.78, 5) is 12.4. The van der Waals surface area contributed by atoms with Gasteiger partial charge in [-0.15, -0.1) is 0 Å². The van der Waals surface area contributed by atoms with Gasteiger partial charge in [0.05, 0.1) is 11.5 Å². The van der Waals surface area contributed by atoms with Crippen molar-refractivity contribution in [1.29, 1.82) is 0 Å². The van der Waals surface area contributed by atoms with Crippen LogP contribution in [0.2, 0.25) is 0 Å². The Morgan fingerprint density at radius 1 is 1.57 bits per heavy atom. The average molecular weight is 321 g/mol. The molecular weight excluding hydrogens is 306 g/mol. The van der Waals surface area contributed by atoms with Gasteiger partial charge < -0.3 is 14.8 Å². The lowest BCUT2D eigenvalue weighted by Crippen LogP contribution is -2.17. The first kappa shape index (κ1) is 14.4. The molecule has 0 bridgehead atoms. The number of nitrogens with one attached hydrogen (secondary N) is 1. The predicted molar refractivity (Wildman–Crippen MR) is 87.7 cm³/mol. The Balaban J connectivity index is 2.01. The molecule has 1 atom stereocenters. The van der Waals surface area contributed by atoms with Crippen LogP contribution in [0, 0.1) is 0 Å². The van der Waals surface area contributed by atoms with Crippen molar-refractivity contribution in [1.82, 2.24) is 5.32 Å². The Morgan fingerprint density at radius 3 is 3.05 bits per heavy atom. The van der Waals surface area contributed by atoms with Crippen LogP contribution in [0.3, 0.4) is 0 Å². The molecule has 1 aromatic rings. The van der Waals surface area contributed by atoms with Gasteiger partial charge in [-0.05, 0) is 32.1 Å². The molecule has 3 rings (SSSR count). The standard InChI is InChI=1S/C15H15NO3S2/c1-3-18-11-5-9-4-8(2)19-12(9)6-10(11)7-13-14(17)16-15(20)21-13/h5-8H,3-4H2,1-2H3,(H,16,17,20)/b13-7-/t8-/m1/s1. The van der Waals surface area contributed by atoms with Crippen LogP contribution in [-0.2, 0) is 11.2 Å². The van der Waals surface area contributed by atoms with Crippen molar-refractivity contribution in [2.75, 3.05) is 6.61 Å². The number of hydrogen-bond donors (Lipinski definition) is 1. The van der Waals surface area contributed by atoms with E-state index in [1.165, 1.54) is 11.8 Å². The zero-order valence-electron chi connectivity index (χ0n) is 11.8. The van der Waals surface area contributed by atoms with E-state index >= 15 is 0 Å². The SMILES string of the molecule is CCOc1cc2c(cc1/C=C1\SC(=S)NC1=O)O[C@H](C)C2. The molecular formula is C15H15NO3S2. The monoisotopic (exact) mass is 321 g/mol. The zero-order chi connectivity index (χ0) is 15.0. The van der Waals surface area contributed by atoms with Crippen molar-refractivity contribution in [2.45, 2.75) is 26.4 Å². The topological polar surface area (TPSA) is 47.6 Å². The maximum absolute atomic E-state index is 11.8. The smallest absolute Gasteiger partial charge is 0.263 e. The van der Waals surface area contributed by atoms with Crippen LogP contribution in [0.25, 0.3) is 6.08 Å². The van der Waals surface area contributed by atoms with E-state index in [-0.39, 0.29) is 12.0 Å². The van der Waals surface area contributed by atoms with Gasteiger partial charge in [0.15, 0.2) is 0 Å². The van der Waals surface area contributed by atoms with E-state index < -0.39 is 0 Å². The fraction of sp³-hybridized carbons (Fsp3) is 0.333. The van der Waals surface area contributed by atoms with Crippen molar-refractivity contribution in [2.24, 2.45) is 0 Å². The van der Waals surface area contributed by atoms with E-state index in [1.807, 2.05) is 26.0 Å². The van der Waals surface area contributed by atoms with Gasteiger partial charge in [0.25, 0.3) is 5.91 Å². The Morgan fingerprint density at radius 2 is 2.38 bits per heavy atom. The normalized spacial score (nSPS) is 22.2. The average Bonchev–Trinajstić information content (AvgIpc) is 2.91. The first-order valence-corrected chi connectivity index (χ1v) is 8.00. The van der Waals surface area contributed by atoms with Crippen LogP contribution in [-0.4, -0.2) is 22.9 Å². The number of benzene rings is 1. The Hall–Kier alpha value is -1.53. The molecule has 0 aromatic heterocycles. The zero-order valence-corrected chi connectivity index (χ0v) is 13.4. The van der Waals surface area contributed by atoms with Crippen molar-refractivity contribution in [3.8, 4) is 11.5 Å². The van der Waals surface area contributed by atoms with Gasteiger partial charge in [0, 0.05) is 17.5 Å². The highest BCUT2D eigenvalue weighted by molar-refractivity contribution is 8.26. The second-order valence-corrected chi connectivity index (χ2v) is 6.63. The second kappa shape index (κ2) is 5.69. The molecule has 0 radical (unpaired) electrons. The number of thiocarbonyl (C=S) groups is 1. The molecule has 110 valence electrons. The summed E-state index contributed by atoms with van der Waals surface area (Å²) in [6.45, 7) is 4.55. The summed E-state index contributed by atoms with van der Waals surface area (Å²) >= 11 is 6.27. The Labute approximate surface area is 132 Å². The number of ether oxygens (including phenoxy) is 2. The largest absolute Gasteiger partial charge is 0.493 e. The van der Waals surface area contributed by atoms with Gasteiger partial charge in [0.2, 0.25) is 0 Å². The lowest BCUT2D eigenvalue weighted by Gasteiger charge is -2.10. The maximum Gasteiger partial charge on any atom is 0.263 e. The van der Waals surface area contributed by atoms with Crippen molar-refractivity contribution in [3.63, 3.8) is 0 Å². The first-order chi connectivity index (χ1) is 10.1. The van der Waals surface area contributed by atoms with Crippen molar-refractivity contribution >= 4 is 40.3 Å². The van der Waals surface area contributed by atoms with Crippen LogP contribution in [0.4, 0.5) is 0 Å². The summed E-state index contributed by atoms with van der Waals surface area (Å²) in [6.07, 6.45) is 2.86. The van der Waals surface area contributed by atoms with E-state index in [9.17, 15) is 4.79 Å². The van der Waals surface area contributed by atoms with Crippen molar-refractivity contribution in [3.05, 3.63) is 28.2 Å². The van der Waals surface area contributed by atoms with E-state index in [0.29, 0.717) is 15.8 Å². The molecule has 1 saturated heterocycles. The van der Waals surface area contributed by atoms with E-state index in [1.54, 1.807) is 6.08 Å². The minimum Gasteiger partial charge on any atom is -0.493 e. The summed E-state index contributed by atoms with van der Waals surface area (Å²) < 4.78 is 12.0. The minimum absolute atomic E-state index is 0.165. The Kier molecular flexibility index (Phi) is 3.91. The second-order valence-electron chi connectivity index (χ2n) is 4.92. The maximum atomic E-state index is 11.8. The summed E-state index contributed by atoms with van der Waals surface area (Å²) in [6, 6.07) is 3.94. The lowest BCUT2D eigenvalue weighted by atomic mass is 10.1. The van der Waals surface area contributed by atoms with E-state index in [4.69, 9.17) is 21.7 Å². The van der Waals surface area contributed by atoms with Crippen LogP contribution in [0.5, 0.6) is 11.5 Å². The Bertz CT molecular complexity index is 655. The number of rotatable bonds is 3. The fourth-order valence-electron chi connectivity index (χ4n) is 2.41. The third-order valence-electron chi connectivity index (χ3n) is 3.26. The molecule has 1 fully saturated rings. The molecule has 1 amide bonds. The van der Waals surface area contributed by atoms with Crippen LogP contribution in [0.1, 0.15) is 25.0 Å². The summed E-state index contributed by atoms with van der Waals surface area (Å²) in [5.41, 5.74) is 1.99. The third kappa shape index (κ3) is 2.91. The molecule has 2 heterocycles. The van der Waals surface area contributed by atoms with E-state index in [2.05, 4.69) is 5.32 Å². The van der Waals surface area contributed by atoms with E-state index in [0.717, 1.165) is 29.0 Å². The molecule has 2 aliphatic rings. The van der Waals surface area contributed by atoms with Crippen LogP contribution < -0.4 is 14.8 Å². The van der Waals surface area contributed by atoms with Crippen LogP contribution >= 0.6 is 24.0 Å². The molecule has 1 aromatic carbocycles. The number of thioether (sulfide) groups is 1. The molecule has 0 saturated carbocycles. The molecule has 0 unspecified atom stereocenters. The van der Waals surface area contributed by atoms with Gasteiger partial charge in [0.1, 0.15) is 21.9 Å². The van der Waals surface area contributed by atoms with Gasteiger partial charge in [-0.3, -0.25) is 4.79 Å². The summed E-state index contributed by atoms with van der Waals surface area (Å²) in [7, 11) is 0. The highest BCUT2D eigenvalue weighted by Crippen LogP contribution is 2.37. The number of carbonyl (C=O) groups is 1.